The quantitative estimate of drug-likeness (QED) is 0.760. The predicted octanol–water partition coefficient (Wildman–Crippen LogP) is 3.23. The van der Waals surface area contributed by atoms with Crippen LogP contribution in [0.3, 0.4) is 0 Å². The molecule has 0 N–H and O–H groups in total. The summed E-state index contributed by atoms with van der Waals surface area (Å²) in [5, 5.41) is 7.79. The highest BCUT2D eigenvalue weighted by atomic mass is 32.1. The lowest BCUT2D eigenvalue weighted by Gasteiger charge is -1.96. The summed E-state index contributed by atoms with van der Waals surface area (Å²) in [5.41, 5.74) is 0. The first-order chi connectivity index (χ1) is 6.66. The van der Waals surface area contributed by atoms with Crippen LogP contribution in [0.2, 0.25) is 0 Å². The highest BCUT2D eigenvalue weighted by Gasteiger charge is 2.10. The van der Waals surface area contributed by atoms with Crippen molar-refractivity contribution >= 4 is 11.3 Å². The van der Waals surface area contributed by atoms with Crippen molar-refractivity contribution in [3.63, 3.8) is 0 Å². The van der Waals surface area contributed by atoms with Crippen molar-refractivity contribution in [2.75, 3.05) is 0 Å². The van der Waals surface area contributed by atoms with E-state index in [-0.39, 0.29) is 0 Å². The molecular formula is C10H12N2OS. The Balaban J connectivity index is 2.33. The average Bonchev–Trinajstić information content (AvgIpc) is 2.70. The van der Waals surface area contributed by atoms with Crippen molar-refractivity contribution in [3.05, 3.63) is 22.9 Å². The molecule has 0 saturated carbocycles. The van der Waals surface area contributed by atoms with Gasteiger partial charge in [-0.2, -0.15) is 0 Å². The van der Waals surface area contributed by atoms with Crippen LogP contribution in [0.1, 0.15) is 30.5 Å². The number of hydrogen-bond donors (Lipinski definition) is 0. The van der Waals surface area contributed by atoms with Crippen molar-refractivity contribution in [2.24, 2.45) is 0 Å². The van der Waals surface area contributed by atoms with E-state index in [1.807, 2.05) is 6.07 Å². The van der Waals surface area contributed by atoms with Crippen LogP contribution in [0.15, 0.2) is 16.5 Å². The Morgan fingerprint density at radius 2 is 2.07 bits per heavy atom. The summed E-state index contributed by atoms with van der Waals surface area (Å²) < 4.78 is 5.35. The fourth-order valence-corrected chi connectivity index (χ4v) is 2.11. The van der Waals surface area contributed by atoms with Gasteiger partial charge in [0, 0.05) is 11.8 Å². The fourth-order valence-electron chi connectivity index (χ4n) is 1.17. The molecule has 3 nitrogen and oxygen atoms in total. The van der Waals surface area contributed by atoms with Gasteiger partial charge in [-0.1, -0.05) is 13.8 Å². The van der Waals surface area contributed by atoms with Gasteiger partial charge in [0.1, 0.15) is 0 Å². The summed E-state index contributed by atoms with van der Waals surface area (Å²) in [6, 6.07) is 4.15. The SMILES string of the molecule is Cc1nnc(-c2ccc(C(C)C)s2)o1. The third-order valence-corrected chi connectivity index (χ3v) is 3.31. The number of rotatable bonds is 2. The topological polar surface area (TPSA) is 38.9 Å². The molecule has 0 saturated heterocycles. The summed E-state index contributed by atoms with van der Waals surface area (Å²) in [7, 11) is 0. The Bertz CT molecular complexity index is 431. The Morgan fingerprint density at radius 1 is 1.29 bits per heavy atom. The molecule has 4 heteroatoms. The van der Waals surface area contributed by atoms with Crippen molar-refractivity contribution in [2.45, 2.75) is 26.7 Å². The molecule has 2 aromatic heterocycles. The molecule has 74 valence electrons. The normalized spacial score (nSPS) is 11.1. The van der Waals surface area contributed by atoms with Crippen LogP contribution in [-0.2, 0) is 0 Å². The molecule has 0 fully saturated rings. The van der Waals surface area contributed by atoms with Gasteiger partial charge >= 0.3 is 0 Å². The summed E-state index contributed by atoms with van der Waals surface area (Å²) in [4.78, 5) is 2.39. The first-order valence-corrected chi connectivity index (χ1v) is 5.38. The molecule has 0 aromatic carbocycles. The van der Waals surface area contributed by atoms with E-state index in [1.165, 1.54) is 4.88 Å². The fraction of sp³-hybridized carbons (Fsp3) is 0.400. The van der Waals surface area contributed by atoms with E-state index in [9.17, 15) is 0 Å². The zero-order valence-corrected chi connectivity index (χ0v) is 9.26. The summed E-state index contributed by atoms with van der Waals surface area (Å²) in [5.74, 6) is 1.79. The molecular weight excluding hydrogens is 196 g/mol. The second-order valence-corrected chi connectivity index (χ2v) is 4.60. The second kappa shape index (κ2) is 3.53. The lowest BCUT2D eigenvalue weighted by atomic mass is 10.2. The van der Waals surface area contributed by atoms with Crippen LogP contribution in [0, 0.1) is 6.92 Å². The number of aryl methyl sites for hydroxylation is 1. The van der Waals surface area contributed by atoms with Gasteiger partial charge in [0.2, 0.25) is 5.89 Å². The monoisotopic (exact) mass is 208 g/mol. The van der Waals surface area contributed by atoms with Gasteiger partial charge in [-0.05, 0) is 18.1 Å². The maximum absolute atomic E-state index is 5.35. The van der Waals surface area contributed by atoms with E-state index < -0.39 is 0 Å². The summed E-state index contributed by atoms with van der Waals surface area (Å²) >= 11 is 1.71. The van der Waals surface area contributed by atoms with Gasteiger partial charge in [-0.25, -0.2) is 0 Å². The van der Waals surface area contributed by atoms with Crippen molar-refractivity contribution in [1.29, 1.82) is 0 Å². The zero-order chi connectivity index (χ0) is 10.1. The van der Waals surface area contributed by atoms with Crippen LogP contribution in [0.5, 0.6) is 0 Å². The Kier molecular flexibility index (Phi) is 2.37. The maximum atomic E-state index is 5.35. The molecule has 14 heavy (non-hydrogen) atoms. The third kappa shape index (κ3) is 1.70. The average molecular weight is 208 g/mol. The molecule has 0 spiro atoms. The van der Waals surface area contributed by atoms with Crippen LogP contribution < -0.4 is 0 Å². The van der Waals surface area contributed by atoms with E-state index >= 15 is 0 Å². The van der Waals surface area contributed by atoms with E-state index in [0.29, 0.717) is 17.7 Å². The number of hydrogen-bond acceptors (Lipinski definition) is 4. The smallest absolute Gasteiger partial charge is 0.257 e. The van der Waals surface area contributed by atoms with Crippen LogP contribution in [0.25, 0.3) is 10.8 Å². The van der Waals surface area contributed by atoms with E-state index in [2.05, 4.69) is 30.1 Å². The number of aromatic nitrogens is 2. The van der Waals surface area contributed by atoms with Gasteiger partial charge in [0.05, 0.1) is 4.88 Å². The van der Waals surface area contributed by atoms with Gasteiger partial charge < -0.3 is 4.42 Å². The standard InChI is InChI=1S/C10H12N2OS/c1-6(2)8-4-5-9(14-8)10-12-11-7(3)13-10/h4-6H,1-3H3. The lowest BCUT2D eigenvalue weighted by molar-refractivity contribution is 0.534. The Morgan fingerprint density at radius 3 is 2.57 bits per heavy atom. The predicted molar refractivity (Wildman–Crippen MR) is 56.4 cm³/mol. The number of thiophene rings is 1. The van der Waals surface area contributed by atoms with Crippen LogP contribution in [0.4, 0.5) is 0 Å². The number of nitrogens with zero attached hydrogens (tertiary/aromatic N) is 2. The third-order valence-electron chi connectivity index (χ3n) is 1.93. The van der Waals surface area contributed by atoms with Gasteiger partial charge in [-0.15, -0.1) is 21.5 Å². The van der Waals surface area contributed by atoms with Crippen LogP contribution >= 0.6 is 11.3 Å². The zero-order valence-electron chi connectivity index (χ0n) is 8.44. The van der Waals surface area contributed by atoms with E-state index in [0.717, 1.165) is 4.88 Å². The molecule has 2 rings (SSSR count). The van der Waals surface area contributed by atoms with E-state index in [1.54, 1.807) is 18.3 Å². The van der Waals surface area contributed by atoms with Gasteiger partial charge in [0.15, 0.2) is 0 Å². The molecule has 2 heterocycles. The van der Waals surface area contributed by atoms with Crippen LogP contribution in [-0.4, -0.2) is 10.2 Å². The lowest BCUT2D eigenvalue weighted by Crippen LogP contribution is -1.77. The largest absolute Gasteiger partial charge is 0.420 e. The summed E-state index contributed by atoms with van der Waals surface area (Å²) in [6.45, 7) is 6.15. The molecule has 0 aliphatic heterocycles. The molecule has 0 unspecified atom stereocenters. The highest BCUT2D eigenvalue weighted by Crippen LogP contribution is 2.30. The minimum atomic E-state index is 0.553. The maximum Gasteiger partial charge on any atom is 0.257 e. The van der Waals surface area contributed by atoms with Crippen molar-refractivity contribution in [3.8, 4) is 10.8 Å². The van der Waals surface area contributed by atoms with E-state index in [4.69, 9.17) is 4.42 Å². The molecule has 0 aliphatic rings. The van der Waals surface area contributed by atoms with Gasteiger partial charge in [-0.3, -0.25) is 0 Å². The first kappa shape index (κ1) is 9.40. The Labute approximate surface area is 86.8 Å². The molecule has 0 aliphatic carbocycles. The molecule has 0 amide bonds. The van der Waals surface area contributed by atoms with Gasteiger partial charge in [0.25, 0.3) is 5.89 Å². The molecule has 2 aromatic rings. The van der Waals surface area contributed by atoms with Crippen molar-refractivity contribution < 1.29 is 4.42 Å². The second-order valence-electron chi connectivity index (χ2n) is 3.48. The minimum absolute atomic E-state index is 0.553. The van der Waals surface area contributed by atoms with Crippen molar-refractivity contribution in [1.82, 2.24) is 10.2 Å². The summed E-state index contributed by atoms with van der Waals surface area (Å²) in [6.07, 6.45) is 0. The minimum Gasteiger partial charge on any atom is -0.420 e. The Hall–Kier alpha value is -1.16. The molecule has 0 atom stereocenters. The molecule has 0 radical (unpaired) electrons. The molecule has 0 bridgehead atoms. The first-order valence-electron chi connectivity index (χ1n) is 4.57. The highest BCUT2D eigenvalue weighted by molar-refractivity contribution is 7.15.